The summed E-state index contributed by atoms with van der Waals surface area (Å²) in [6, 6.07) is 17.5. The van der Waals surface area contributed by atoms with Crippen molar-refractivity contribution in [3.63, 3.8) is 0 Å². The molecule has 0 spiro atoms. The highest BCUT2D eigenvalue weighted by Gasteiger charge is 2.23. The predicted molar refractivity (Wildman–Crippen MR) is 99.2 cm³/mol. The van der Waals surface area contributed by atoms with Crippen molar-refractivity contribution in [1.82, 2.24) is 0 Å². The Hall–Kier alpha value is -1.64. The molecule has 2 atom stereocenters. The molecule has 0 saturated carbocycles. The average molecular weight is 324 g/mol. The van der Waals surface area contributed by atoms with Crippen molar-refractivity contribution < 1.29 is 9.47 Å². The molecule has 2 heteroatoms. The van der Waals surface area contributed by atoms with Crippen LogP contribution < -0.4 is 0 Å². The highest BCUT2D eigenvalue weighted by molar-refractivity contribution is 5.64. The third-order valence-corrected chi connectivity index (χ3v) is 4.82. The lowest BCUT2D eigenvalue weighted by Gasteiger charge is -2.30. The molecule has 0 unspecified atom stereocenters. The smallest absolute Gasteiger partial charge is 0.106 e. The Morgan fingerprint density at radius 1 is 0.833 bits per heavy atom. The molecule has 0 aromatic heterocycles. The summed E-state index contributed by atoms with van der Waals surface area (Å²) in [5.41, 5.74) is 5.09. The van der Waals surface area contributed by atoms with E-state index in [2.05, 4.69) is 62.4 Å². The van der Waals surface area contributed by atoms with Crippen molar-refractivity contribution in [2.45, 2.75) is 51.7 Å². The Morgan fingerprint density at radius 2 is 1.50 bits per heavy atom. The molecule has 2 nitrogen and oxygen atoms in total. The van der Waals surface area contributed by atoms with Crippen LogP contribution in [0, 0.1) is 0 Å². The molecule has 0 amide bonds. The number of hydrogen-bond donors (Lipinski definition) is 0. The average Bonchev–Trinajstić information content (AvgIpc) is 2.67. The summed E-state index contributed by atoms with van der Waals surface area (Å²) in [5, 5.41) is 0. The molecular formula is C22H28O2. The van der Waals surface area contributed by atoms with Crippen molar-refractivity contribution in [2.75, 3.05) is 13.2 Å². The van der Waals surface area contributed by atoms with Crippen LogP contribution in [-0.2, 0) is 15.9 Å². The van der Waals surface area contributed by atoms with Gasteiger partial charge in [-0.25, -0.2) is 0 Å². The minimum Gasteiger partial charge on any atom is -0.373 e. The van der Waals surface area contributed by atoms with Gasteiger partial charge < -0.3 is 9.47 Å². The van der Waals surface area contributed by atoms with Crippen molar-refractivity contribution in [2.24, 2.45) is 0 Å². The maximum absolute atomic E-state index is 6.02. The number of unbranched alkanes of at least 4 members (excludes halogenated alkanes) is 1. The Balaban J connectivity index is 1.60. The number of rotatable bonds is 6. The van der Waals surface area contributed by atoms with E-state index in [0.717, 1.165) is 12.8 Å². The highest BCUT2D eigenvalue weighted by atomic mass is 16.6. The molecule has 1 saturated heterocycles. The minimum atomic E-state index is 0.0689. The van der Waals surface area contributed by atoms with E-state index in [9.17, 15) is 0 Å². The van der Waals surface area contributed by atoms with Gasteiger partial charge in [-0.3, -0.25) is 0 Å². The lowest BCUT2D eigenvalue weighted by Crippen LogP contribution is -2.31. The van der Waals surface area contributed by atoms with E-state index in [1.807, 2.05) is 0 Å². The fourth-order valence-electron chi connectivity index (χ4n) is 3.16. The third-order valence-electron chi connectivity index (χ3n) is 4.82. The summed E-state index contributed by atoms with van der Waals surface area (Å²) in [5.74, 6) is 0. The molecular weight excluding hydrogens is 296 g/mol. The predicted octanol–water partition coefficient (Wildman–Crippen LogP) is 5.56. The van der Waals surface area contributed by atoms with Gasteiger partial charge in [0.05, 0.1) is 19.3 Å². The van der Waals surface area contributed by atoms with Gasteiger partial charge in [-0.05, 0) is 35.1 Å². The van der Waals surface area contributed by atoms with Crippen LogP contribution in [0.3, 0.4) is 0 Å². The molecule has 2 aromatic carbocycles. The molecule has 0 bridgehead atoms. The molecule has 24 heavy (non-hydrogen) atoms. The van der Waals surface area contributed by atoms with Gasteiger partial charge in [0.2, 0.25) is 0 Å². The molecule has 2 aromatic rings. The Labute approximate surface area is 145 Å². The van der Waals surface area contributed by atoms with Crippen molar-refractivity contribution in [3.8, 4) is 11.1 Å². The summed E-state index contributed by atoms with van der Waals surface area (Å²) in [6.07, 6.45) is 4.96. The van der Waals surface area contributed by atoms with Crippen LogP contribution in [-0.4, -0.2) is 19.3 Å². The first-order chi connectivity index (χ1) is 11.8. The van der Waals surface area contributed by atoms with E-state index in [0.29, 0.717) is 13.2 Å². The quantitative estimate of drug-likeness (QED) is 0.692. The van der Waals surface area contributed by atoms with Crippen LogP contribution in [0.5, 0.6) is 0 Å². The van der Waals surface area contributed by atoms with E-state index < -0.39 is 0 Å². The van der Waals surface area contributed by atoms with Crippen LogP contribution in [0.25, 0.3) is 11.1 Å². The van der Waals surface area contributed by atoms with Crippen molar-refractivity contribution in [1.29, 1.82) is 0 Å². The normalized spacial score (nSPS) is 20.9. The summed E-state index contributed by atoms with van der Waals surface area (Å²) >= 11 is 0. The summed E-state index contributed by atoms with van der Waals surface area (Å²) in [4.78, 5) is 0. The zero-order chi connectivity index (χ0) is 16.8. The standard InChI is InChI=1S/C22H28O2/c1-3-5-6-21-15-24-22(16-23-21)20-13-11-19(12-14-20)18-9-7-17(4-2)8-10-18/h7-14,21-22H,3-6,15-16H2,1-2H3/t21-,22-/m0/s1. The second kappa shape index (κ2) is 8.46. The van der Waals surface area contributed by atoms with Crippen LogP contribution in [0.15, 0.2) is 48.5 Å². The molecule has 128 valence electrons. The first kappa shape index (κ1) is 17.2. The van der Waals surface area contributed by atoms with Crippen LogP contribution in [0.1, 0.15) is 50.3 Å². The van der Waals surface area contributed by atoms with Gasteiger partial charge in [-0.15, -0.1) is 0 Å². The van der Waals surface area contributed by atoms with E-state index in [1.165, 1.54) is 35.1 Å². The molecule has 1 heterocycles. The summed E-state index contributed by atoms with van der Waals surface area (Å²) in [7, 11) is 0. The van der Waals surface area contributed by atoms with E-state index in [-0.39, 0.29) is 12.2 Å². The van der Waals surface area contributed by atoms with E-state index in [4.69, 9.17) is 9.47 Å². The second-order valence-corrected chi connectivity index (χ2v) is 6.59. The topological polar surface area (TPSA) is 18.5 Å². The molecule has 0 aliphatic carbocycles. The van der Waals surface area contributed by atoms with Crippen molar-refractivity contribution in [3.05, 3.63) is 59.7 Å². The molecule has 1 aliphatic rings. The largest absolute Gasteiger partial charge is 0.373 e. The molecule has 3 rings (SSSR count). The Bertz CT molecular complexity index is 607. The number of benzene rings is 2. The van der Waals surface area contributed by atoms with E-state index >= 15 is 0 Å². The van der Waals surface area contributed by atoms with Gasteiger partial charge in [-0.1, -0.05) is 75.2 Å². The first-order valence-electron chi connectivity index (χ1n) is 9.22. The van der Waals surface area contributed by atoms with Gasteiger partial charge in [0.15, 0.2) is 0 Å². The fourth-order valence-corrected chi connectivity index (χ4v) is 3.16. The number of ether oxygens (including phenoxy) is 2. The maximum Gasteiger partial charge on any atom is 0.106 e. The highest BCUT2D eigenvalue weighted by Crippen LogP contribution is 2.27. The van der Waals surface area contributed by atoms with Crippen LogP contribution >= 0.6 is 0 Å². The zero-order valence-electron chi connectivity index (χ0n) is 14.8. The second-order valence-electron chi connectivity index (χ2n) is 6.59. The minimum absolute atomic E-state index is 0.0689. The summed E-state index contributed by atoms with van der Waals surface area (Å²) in [6.45, 7) is 5.77. The molecule has 0 radical (unpaired) electrons. The number of hydrogen-bond acceptors (Lipinski definition) is 2. The third kappa shape index (κ3) is 4.25. The SMILES string of the molecule is CCCC[C@H]1CO[C@H](c2ccc(-c3ccc(CC)cc3)cc2)CO1. The number of aryl methyl sites for hydroxylation is 1. The van der Waals surface area contributed by atoms with Crippen LogP contribution in [0.2, 0.25) is 0 Å². The zero-order valence-corrected chi connectivity index (χ0v) is 14.8. The van der Waals surface area contributed by atoms with E-state index in [1.54, 1.807) is 0 Å². The maximum atomic E-state index is 6.02. The molecule has 0 N–H and O–H groups in total. The van der Waals surface area contributed by atoms with Gasteiger partial charge >= 0.3 is 0 Å². The lowest BCUT2D eigenvalue weighted by molar-refractivity contribution is -0.137. The summed E-state index contributed by atoms with van der Waals surface area (Å²) < 4.78 is 12.0. The molecule has 1 aliphatic heterocycles. The first-order valence-corrected chi connectivity index (χ1v) is 9.22. The Morgan fingerprint density at radius 3 is 2.04 bits per heavy atom. The van der Waals surface area contributed by atoms with Gasteiger partial charge in [-0.2, -0.15) is 0 Å². The van der Waals surface area contributed by atoms with Crippen LogP contribution in [0.4, 0.5) is 0 Å². The van der Waals surface area contributed by atoms with Gasteiger partial charge in [0.25, 0.3) is 0 Å². The van der Waals surface area contributed by atoms with Gasteiger partial charge in [0, 0.05) is 0 Å². The fraction of sp³-hybridized carbons (Fsp3) is 0.455. The Kier molecular flexibility index (Phi) is 6.06. The monoisotopic (exact) mass is 324 g/mol. The lowest BCUT2D eigenvalue weighted by atomic mass is 10.00. The molecule has 1 fully saturated rings. The van der Waals surface area contributed by atoms with Gasteiger partial charge in [0.1, 0.15) is 6.10 Å². The van der Waals surface area contributed by atoms with Crippen molar-refractivity contribution >= 4 is 0 Å².